The van der Waals surface area contributed by atoms with Crippen molar-refractivity contribution >= 4 is 23.1 Å². The zero-order valence-electron chi connectivity index (χ0n) is 17.6. The summed E-state index contributed by atoms with van der Waals surface area (Å²) < 4.78 is 5.38. The summed E-state index contributed by atoms with van der Waals surface area (Å²) in [5, 5.41) is 1.95. The minimum atomic E-state index is 0.122. The number of methoxy groups -OCH3 is 1. The summed E-state index contributed by atoms with van der Waals surface area (Å²) in [5.74, 6) is 2.72. The average molecular weight is 423 g/mol. The number of nitrogens with zero attached hydrogens (tertiary/aromatic N) is 4. The third kappa shape index (κ3) is 4.31. The summed E-state index contributed by atoms with van der Waals surface area (Å²) in [6.07, 6.45) is 0.743. The monoisotopic (exact) mass is 422 g/mol. The third-order valence-corrected chi connectivity index (χ3v) is 6.28. The van der Waals surface area contributed by atoms with Gasteiger partial charge in [-0.2, -0.15) is 0 Å². The van der Waals surface area contributed by atoms with E-state index in [4.69, 9.17) is 9.72 Å². The molecule has 1 aliphatic heterocycles. The highest BCUT2D eigenvalue weighted by atomic mass is 32.1. The van der Waals surface area contributed by atoms with Crippen molar-refractivity contribution in [2.75, 3.05) is 38.2 Å². The number of carbonyl (C=O) groups excluding carboxylic acids is 1. The van der Waals surface area contributed by atoms with Gasteiger partial charge in [0.2, 0.25) is 0 Å². The summed E-state index contributed by atoms with van der Waals surface area (Å²) in [4.78, 5) is 27.1. The van der Waals surface area contributed by atoms with Crippen molar-refractivity contribution in [3.05, 3.63) is 69.3 Å². The van der Waals surface area contributed by atoms with Crippen molar-refractivity contribution in [1.29, 1.82) is 0 Å². The van der Waals surface area contributed by atoms with Crippen molar-refractivity contribution in [1.82, 2.24) is 14.9 Å². The molecule has 0 radical (unpaired) electrons. The number of thiophene rings is 1. The predicted molar refractivity (Wildman–Crippen MR) is 120 cm³/mol. The number of aryl methyl sites for hydroxylation is 2. The van der Waals surface area contributed by atoms with Gasteiger partial charge in [0.25, 0.3) is 5.91 Å². The van der Waals surface area contributed by atoms with Crippen LogP contribution in [0, 0.1) is 13.8 Å². The van der Waals surface area contributed by atoms with E-state index in [1.165, 1.54) is 11.3 Å². The molecule has 0 atom stereocenters. The van der Waals surface area contributed by atoms with Crippen LogP contribution in [-0.4, -0.2) is 54.1 Å². The Balaban J connectivity index is 1.54. The van der Waals surface area contributed by atoms with Gasteiger partial charge in [-0.3, -0.25) is 4.79 Å². The largest absolute Gasteiger partial charge is 0.497 e. The molecule has 0 aliphatic carbocycles. The summed E-state index contributed by atoms with van der Waals surface area (Å²) in [6.45, 7) is 6.89. The lowest BCUT2D eigenvalue weighted by atomic mass is 10.0. The molecular formula is C23H26N4O2S. The molecule has 156 valence electrons. The van der Waals surface area contributed by atoms with Crippen LogP contribution in [0.15, 0.2) is 41.8 Å². The van der Waals surface area contributed by atoms with Crippen LogP contribution in [0.2, 0.25) is 0 Å². The number of piperazine rings is 1. The molecule has 1 aliphatic rings. The van der Waals surface area contributed by atoms with Crippen LogP contribution in [-0.2, 0) is 6.42 Å². The molecule has 7 heteroatoms. The Morgan fingerprint density at radius 2 is 1.90 bits per heavy atom. The molecule has 1 amide bonds. The van der Waals surface area contributed by atoms with Crippen LogP contribution < -0.4 is 9.64 Å². The van der Waals surface area contributed by atoms with E-state index in [1.807, 2.05) is 48.4 Å². The summed E-state index contributed by atoms with van der Waals surface area (Å²) in [6, 6.07) is 11.9. The smallest absolute Gasteiger partial charge is 0.264 e. The maximum absolute atomic E-state index is 12.7. The highest BCUT2D eigenvalue weighted by Crippen LogP contribution is 2.26. The van der Waals surface area contributed by atoms with Gasteiger partial charge in [-0.1, -0.05) is 18.2 Å². The van der Waals surface area contributed by atoms with Crippen molar-refractivity contribution < 1.29 is 9.53 Å². The third-order valence-electron chi connectivity index (χ3n) is 5.42. The molecule has 0 unspecified atom stereocenters. The van der Waals surface area contributed by atoms with Gasteiger partial charge in [0, 0.05) is 43.9 Å². The fraction of sp³-hybridized carbons (Fsp3) is 0.348. The molecule has 4 rings (SSSR count). The molecule has 6 nitrogen and oxygen atoms in total. The topological polar surface area (TPSA) is 58.6 Å². The Bertz CT molecular complexity index is 1030. The first kappa shape index (κ1) is 20.3. The first-order valence-corrected chi connectivity index (χ1v) is 11.0. The number of hydrogen-bond donors (Lipinski definition) is 0. The van der Waals surface area contributed by atoms with Crippen LogP contribution in [0.4, 0.5) is 5.82 Å². The molecule has 0 spiro atoms. The molecule has 0 saturated carbocycles. The first-order valence-electron chi connectivity index (χ1n) is 10.1. The zero-order chi connectivity index (χ0) is 21.1. The predicted octanol–water partition coefficient (Wildman–Crippen LogP) is 3.72. The Hall–Kier alpha value is -2.93. The van der Waals surface area contributed by atoms with Crippen LogP contribution in [0.5, 0.6) is 5.75 Å². The number of rotatable bonds is 5. The number of hydrogen-bond acceptors (Lipinski definition) is 6. The summed E-state index contributed by atoms with van der Waals surface area (Å²) >= 11 is 1.50. The Kier molecular flexibility index (Phi) is 5.99. The molecule has 1 aromatic carbocycles. The van der Waals surface area contributed by atoms with Gasteiger partial charge in [-0.25, -0.2) is 9.97 Å². The van der Waals surface area contributed by atoms with E-state index < -0.39 is 0 Å². The molecule has 2 aromatic heterocycles. The molecule has 0 N–H and O–H groups in total. The van der Waals surface area contributed by atoms with Crippen molar-refractivity contribution in [2.45, 2.75) is 20.3 Å². The van der Waals surface area contributed by atoms with Gasteiger partial charge in [0.1, 0.15) is 17.4 Å². The van der Waals surface area contributed by atoms with Gasteiger partial charge in [-0.05, 0) is 43.0 Å². The van der Waals surface area contributed by atoms with Gasteiger partial charge in [-0.15, -0.1) is 11.3 Å². The van der Waals surface area contributed by atoms with E-state index in [9.17, 15) is 4.79 Å². The highest BCUT2D eigenvalue weighted by molar-refractivity contribution is 7.12. The van der Waals surface area contributed by atoms with E-state index in [1.54, 1.807) is 7.11 Å². The van der Waals surface area contributed by atoms with Gasteiger partial charge < -0.3 is 14.5 Å². The number of carbonyl (C=O) groups is 1. The number of benzene rings is 1. The second-order valence-electron chi connectivity index (χ2n) is 7.44. The summed E-state index contributed by atoms with van der Waals surface area (Å²) in [5.41, 5.74) is 3.29. The number of ether oxygens (including phenoxy) is 1. The SMILES string of the molecule is COc1cccc(Cc2c(C)nc(C)nc2N2CCN(C(=O)c3cccs3)CC2)c1. The fourth-order valence-electron chi connectivity index (χ4n) is 3.85. The minimum absolute atomic E-state index is 0.122. The standard InChI is InChI=1S/C23H26N4O2S/c1-16-20(15-18-6-4-7-19(14-18)29-3)22(25-17(2)24-16)26-9-11-27(12-10-26)23(28)21-8-5-13-30-21/h4-8,13-14H,9-12,15H2,1-3H3. The Morgan fingerprint density at radius 1 is 1.10 bits per heavy atom. The second-order valence-corrected chi connectivity index (χ2v) is 8.39. The number of aromatic nitrogens is 2. The Labute approximate surface area is 181 Å². The van der Waals surface area contributed by atoms with Crippen LogP contribution >= 0.6 is 11.3 Å². The van der Waals surface area contributed by atoms with Gasteiger partial charge in [0.05, 0.1) is 12.0 Å². The first-order chi connectivity index (χ1) is 14.5. The van der Waals surface area contributed by atoms with Gasteiger partial charge in [0.15, 0.2) is 0 Å². The highest BCUT2D eigenvalue weighted by Gasteiger charge is 2.25. The van der Waals surface area contributed by atoms with E-state index in [2.05, 4.69) is 22.0 Å². The fourth-order valence-corrected chi connectivity index (χ4v) is 4.54. The zero-order valence-corrected chi connectivity index (χ0v) is 18.4. The van der Waals surface area contributed by atoms with Crippen molar-refractivity contribution in [2.24, 2.45) is 0 Å². The van der Waals surface area contributed by atoms with Crippen molar-refractivity contribution in [3.8, 4) is 5.75 Å². The average Bonchev–Trinajstić information content (AvgIpc) is 3.30. The van der Waals surface area contributed by atoms with E-state index in [0.29, 0.717) is 13.1 Å². The number of amides is 1. The molecule has 0 bridgehead atoms. The van der Waals surface area contributed by atoms with E-state index >= 15 is 0 Å². The maximum atomic E-state index is 12.7. The maximum Gasteiger partial charge on any atom is 0.264 e. The quantitative estimate of drug-likeness (QED) is 0.627. The molecule has 30 heavy (non-hydrogen) atoms. The minimum Gasteiger partial charge on any atom is -0.497 e. The Morgan fingerprint density at radius 3 is 2.60 bits per heavy atom. The molecule has 3 aromatic rings. The molecule has 1 saturated heterocycles. The lowest BCUT2D eigenvalue weighted by Crippen LogP contribution is -2.49. The molecule has 3 heterocycles. The second kappa shape index (κ2) is 8.83. The van der Waals surface area contributed by atoms with Crippen LogP contribution in [0.1, 0.15) is 32.3 Å². The lowest BCUT2D eigenvalue weighted by Gasteiger charge is -2.36. The lowest BCUT2D eigenvalue weighted by molar-refractivity contribution is 0.0751. The van der Waals surface area contributed by atoms with Gasteiger partial charge >= 0.3 is 0 Å². The summed E-state index contributed by atoms with van der Waals surface area (Å²) in [7, 11) is 1.68. The van der Waals surface area contributed by atoms with Crippen LogP contribution in [0.25, 0.3) is 0 Å². The molecular weight excluding hydrogens is 396 g/mol. The number of anilines is 1. The van der Waals surface area contributed by atoms with Crippen molar-refractivity contribution in [3.63, 3.8) is 0 Å². The molecule has 1 fully saturated rings. The normalized spacial score (nSPS) is 14.1. The van der Waals surface area contributed by atoms with E-state index in [0.717, 1.165) is 58.6 Å². The van der Waals surface area contributed by atoms with E-state index in [-0.39, 0.29) is 5.91 Å². The van der Waals surface area contributed by atoms with Crippen LogP contribution in [0.3, 0.4) is 0 Å².